The molecule has 0 bridgehead atoms. The van der Waals surface area contributed by atoms with Gasteiger partial charge in [0.05, 0.1) is 12.7 Å². The molecule has 8 heteroatoms. The third-order valence-electron chi connectivity index (χ3n) is 5.71. The first-order valence-corrected chi connectivity index (χ1v) is 9.92. The molecule has 2 aromatic rings. The number of halogens is 4. The summed E-state index contributed by atoms with van der Waals surface area (Å²) in [5, 5.41) is 0. The Labute approximate surface area is 187 Å². The van der Waals surface area contributed by atoms with Crippen molar-refractivity contribution in [1.82, 2.24) is 4.90 Å². The van der Waals surface area contributed by atoms with E-state index in [9.17, 15) is 18.0 Å². The number of ether oxygens (including phenoxy) is 1. The van der Waals surface area contributed by atoms with E-state index in [1.807, 2.05) is 50.2 Å². The Hall–Kier alpha value is -2.25. The Morgan fingerprint density at radius 1 is 1.13 bits per heavy atom. The van der Waals surface area contributed by atoms with Gasteiger partial charge in [-0.05, 0) is 67.9 Å². The maximum Gasteiger partial charge on any atom is 0.416 e. The van der Waals surface area contributed by atoms with Gasteiger partial charge in [0, 0.05) is 24.7 Å². The van der Waals surface area contributed by atoms with E-state index in [1.165, 1.54) is 12.1 Å². The number of benzene rings is 2. The Bertz CT molecular complexity index is 901. The van der Waals surface area contributed by atoms with Gasteiger partial charge in [-0.3, -0.25) is 4.79 Å². The number of rotatable bonds is 5. The number of methoxy groups -OCH3 is 1. The first-order chi connectivity index (χ1) is 14.1. The highest BCUT2D eigenvalue weighted by atomic mass is 35.5. The van der Waals surface area contributed by atoms with Gasteiger partial charge in [-0.25, -0.2) is 0 Å². The molecule has 1 aliphatic heterocycles. The molecule has 170 valence electrons. The summed E-state index contributed by atoms with van der Waals surface area (Å²) in [5.74, 6) is 0.0205. The molecule has 0 spiro atoms. The van der Waals surface area contributed by atoms with Gasteiger partial charge in [-0.15, -0.1) is 12.4 Å². The molecule has 1 amide bonds. The molecule has 31 heavy (non-hydrogen) atoms. The first-order valence-electron chi connectivity index (χ1n) is 9.92. The summed E-state index contributed by atoms with van der Waals surface area (Å²) in [6.07, 6.45) is -4.07. The number of alkyl halides is 3. The minimum Gasteiger partial charge on any atom is -0.497 e. The SMILES string of the molecule is COc1ccc([C@@H]2Cc3cc(C(F)(F)F)ccc3N(CCN(C)C)C(=O)[C@@H]2C)cc1.Cl. The average molecular weight is 457 g/mol. The van der Waals surface area contributed by atoms with Gasteiger partial charge < -0.3 is 14.5 Å². The van der Waals surface area contributed by atoms with Crippen molar-refractivity contribution in [1.29, 1.82) is 0 Å². The smallest absolute Gasteiger partial charge is 0.416 e. The average Bonchev–Trinajstić information content (AvgIpc) is 2.80. The lowest BCUT2D eigenvalue weighted by atomic mass is 9.82. The van der Waals surface area contributed by atoms with Crippen LogP contribution in [0, 0.1) is 5.92 Å². The van der Waals surface area contributed by atoms with Crippen molar-refractivity contribution in [3.63, 3.8) is 0 Å². The fraction of sp³-hybridized carbons (Fsp3) is 0.435. The van der Waals surface area contributed by atoms with Crippen molar-refractivity contribution >= 4 is 24.0 Å². The third-order valence-corrected chi connectivity index (χ3v) is 5.71. The van der Waals surface area contributed by atoms with E-state index in [1.54, 1.807) is 12.0 Å². The van der Waals surface area contributed by atoms with Crippen LogP contribution in [0.25, 0.3) is 0 Å². The van der Waals surface area contributed by atoms with Crippen LogP contribution in [0.5, 0.6) is 5.75 Å². The molecule has 0 saturated heterocycles. The highest BCUT2D eigenvalue weighted by Crippen LogP contribution is 2.40. The number of carbonyl (C=O) groups is 1. The van der Waals surface area contributed by atoms with Gasteiger partial charge in [0.2, 0.25) is 5.91 Å². The molecule has 1 aliphatic rings. The zero-order valence-electron chi connectivity index (χ0n) is 18.1. The summed E-state index contributed by atoms with van der Waals surface area (Å²) in [7, 11) is 5.38. The van der Waals surface area contributed by atoms with E-state index in [-0.39, 0.29) is 30.2 Å². The van der Waals surface area contributed by atoms with E-state index in [0.29, 0.717) is 36.5 Å². The number of anilines is 1. The summed E-state index contributed by atoms with van der Waals surface area (Å²) >= 11 is 0. The summed E-state index contributed by atoms with van der Waals surface area (Å²) in [6, 6.07) is 11.1. The van der Waals surface area contributed by atoms with Crippen LogP contribution in [0.2, 0.25) is 0 Å². The Morgan fingerprint density at radius 3 is 2.32 bits per heavy atom. The summed E-state index contributed by atoms with van der Waals surface area (Å²) < 4.78 is 45.3. The topological polar surface area (TPSA) is 32.8 Å². The van der Waals surface area contributed by atoms with Crippen molar-refractivity contribution in [2.45, 2.75) is 25.4 Å². The Balaban J connectivity index is 0.00000341. The van der Waals surface area contributed by atoms with Crippen LogP contribution in [-0.4, -0.2) is 45.1 Å². The second-order valence-electron chi connectivity index (χ2n) is 8.01. The summed E-state index contributed by atoms with van der Waals surface area (Å²) in [6.45, 7) is 2.90. The van der Waals surface area contributed by atoms with Crippen LogP contribution in [0.1, 0.15) is 29.5 Å². The maximum atomic E-state index is 13.4. The van der Waals surface area contributed by atoms with Gasteiger partial charge >= 0.3 is 6.18 Å². The maximum absolute atomic E-state index is 13.4. The van der Waals surface area contributed by atoms with Crippen LogP contribution < -0.4 is 9.64 Å². The highest BCUT2D eigenvalue weighted by molar-refractivity contribution is 5.97. The molecule has 0 N–H and O–H groups in total. The van der Waals surface area contributed by atoms with Gasteiger partial charge in [0.1, 0.15) is 5.75 Å². The summed E-state index contributed by atoms with van der Waals surface area (Å²) in [5.41, 5.74) is 1.33. The fourth-order valence-corrected chi connectivity index (χ4v) is 3.93. The van der Waals surface area contributed by atoms with E-state index >= 15 is 0 Å². The van der Waals surface area contributed by atoms with E-state index in [0.717, 1.165) is 11.6 Å². The van der Waals surface area contributed by atoms with Gasteiger partial charge in [0.15, 0.2) is 0 Å². The zero-order chi connectivity index (χ0) is 22.1. The highest BCUT2D eigenvalue weighted by Gasteiger charge is 2.37. The monoisotopic (exact) mass is 456 g/mol. The molecule has 1 heterocycles. The van der Waals surface area contributed by atoms with Crippen LogP contribution in [0.4, 0.5) is 18.9 Å². The molecule has 0 radical (unpaired) electrons. The normalized spacial score (nSPS) is 19.0. The number of nitrogens with zero attached hydrogens (tertiary/aromatic N) is 2. The first kappa shape index (κ1) is 25.0. The molecule has 2 atom stereocenters. The van der Waals surface area contributed by atoms with Crippen molar-refractivity contribution in [3.05, 3.63) is 59.2 Å². The minimum atomic E-state index is -4.43. The minimum absolute atomic E-state index is 0. The van der Waals surface area contributed by atoms with Crippen LogP contribution in [-0.2, 0) is 17.4 Å². The molecule has 0 aromatic heterocycles. The lowest BCUT2D eigenvalue weighted by Gasteiger charge is -2.27. The lowest BCUT2D eigenvalue weighted by molar-refractivity contribution is -0.137. The third kappa shape index (κ3) is 5.52. The molecule has 0 unspecified atom stereocenters. The standard InChI is InChI=1S/C23H27F3N2O2.ClH/c1-15-20(16-5-8-19(30-4)9-6-16)14-17-13-18(23(24,25)26)7-10-21(17)28(22(15)29)12-11-27(2)3;/h5-10,13,15,20H,11-12,14H2,1-4H3;1H/t15-,20-;/m1./s1. The molecule has 4 nitrogen and oxygen atoms in total. The second-order valence-corrected chi connectivity index (χ2v) is 8.01. The van der Waals surface area contributed by atoms with Crippen molar-refractivity contribution < 1.29 is 22.7 Å². The van der Waals surface area contributed by atoms with E-state index < -0.39 is 11.7 Å². The molecule has 0 aliphatic carbocycles. The van der Waals surface area contributed by atoms with Crippen LogP contribution >= 0.6 is 12.4 Å². The number of likely N-dealkylation sites (N-methyl/N-ethyl adjacent to an activating group) is 1. The molecule has 2 aromatic carbocycles. The largest absolute Gasteiger partial charge is 0.497 e. The van der Waals surface area contributed by atoms with Crippen molar-refractivity contribution in [2.75, 3.05) is 39.2 Å². The molecular weight excluding hydrogens is 429 g/mol. The number of hydrogen-bond acceptors (Lipinski definition) is 3. The Kier molecular flexibility index (Phi) is 8.00. The van der Waals surface area contributed by atoms with Crippen molar-refractivity contribution in [3.8, 4) is 5.75 Å². The molecule has 0 saturated carbocycles. The molecular formula is C23H28ClF3N2O2. The predicted octanol–water partition coefficient (Wildman–Crippen LogP) is 5.01. The van der Waals surface area contributed by atoms with Gasteiger partial charge in [0.25, 0.3) is 0 Å². The van der Waals surface area contributed by atoms with Crippen LogP contribution in [0.15, 0.2) is 42.5 Å². The lowest BCUT2D eigenvalue weighted by Crippen LogP contribution is -2.40. The van der Waals surface area contributed by atoms with E-state index in [4.69, 9.17) is 4.74 Å². The summed E-state index contributed by atoms with van der Waals surface area (Å²) in [4.78, 5) is 17.0. The predicted molar refractivity (Wildman–Crippen MR) is 118 cm³/mol. The van der Waals surface area contributed by atoms with Gasteiger partial charge in [-0.2, -0.15) is 13.2 Å². The van der Waals surface area contributed by atoms with Crippen molar-refractivity contribution in [2.24, 2.45) is 5.92 Å². The second kappa shape index (κ2) is 9.92. The fourth-order valence-electron chi connectivity index (χ4n) is 3.93. The molecule has 3 rings (SSSR count). The van der Waals surface area contributed by atoms with Gasteiger partial charge in [-0.1, -0.05) is 19.1 Å². The molecule has 0 fully saturated rings. The number of fused-ring (bicyclic) bond motifs is 1. The quantitative estimate of drug-likeness (QED) is 0.634. The number of hydrogen-bond donors (Lipinski definition) is 0. The Morgan fingerprint density at radius 2 is 1.77 bits per heavy atom. The van der Waals surface area contributed by atoms with Crippen LogP contribution in [0.3, 0.4) is 0 Å². The zero-order valence-corrected chi connectivity index (χ0v) is 18.9. The number of carbonyl (C=O) groups excluding carboxylic acids is 1. The number of amides is 1. The van der Waals surface area contributed by atoms with E-state index in [2.05, 4.69) is 0 Å².